The Balaban J connectivity index is 1.11. The third-order valence-electron chi connectivity index (χ3n) is 9.12. The van der Waals surface area contributed by atoms with Crippen molar-refractivity contribution in [3.05, 3.63) is 112 Å². The molecule has 4 heterocycles. The fourth-order valence-corrected chi connectivity index (χ4v) is 6.48. The van der Waals surface area contributed by atoms with E-state index in [0.717, 1.165) is 11.3 Å². The van der Waals surface area contributed by atoms with Gasteiger partial charge in [-0.25, -0.2) is 9.37 Å². The number of ether oxygens (including phenoxy) is 1. The molecule has 12 heteroatoms. The van der Waals surface area contributed by atoms with Crippen LogP contribution in [-0.2, 0) is 11.3 Å². The summed E-state index contributed by atoms with van der Waals surface area (Å²) in [7, 11) is 0. The molecule has 2 aromatic carbocycles. The van der Waals surface area contributed by atoms with Crippen LogP contribution in [0.3, 0.4) is 0 Å². The van der Waals surface area contributed by atoms with Crippen LogP contribution in [0.2, 0.25) is 0 Å². The van der Waals surface area contributed by atoms with Gasteiger partial charge in [0, 0.05) is 55.5 Å². The Morgan fingerprint density at radius 1 is 1.02 bits per heavy atom. The van der Waals surface area contributed by atoms with Gasteiger partial charge in [0.1, 0.15) is 17.9 Å². The number of carbonyl (C=O) groups excluding carboxylic acids is 2. The normalized spacial score (nSPS) is 19.3. The molecule has 0 aliphatic carbocycles. The molecular weight excluding hydrogens is 603 g/mol. The van der Waals surface area contributed by atoms with E-state index in [2.05, 4.69) is 9.97 Å². The average Bonchev–Trinajstić information content (AvgIpc) is 3.09. The van der Waals surface area contributed by atoms with E-state index in [1.807, 2.05) is 42.2 Å². The summed E-state index contributed by atoms with van der Waals surface area (Å²) in [6, 6.07) is 18.5. The number of amides is 2. The average molecular weight is 641 g/mol. The molecule has 244 valence electrons. The zero-order valence-corrected chi connectivity index (χ0v) is 26.1. The number of likely N-dealkylation sites (tertiary alicyclic amines) is 2. The second-order valence-corrected chi connectivity index (χ2v) is 12.4. The molecule has 2 aromatic heterocycles. The number of piperidine rings is 2. The number of aryl methyl sites for hydroxylation is 1. The van der Waals surface area contributed by atoms with E-state index >= 15 is 0 Å². The molecule has 4 aromatic rings. The lowest BCUT2D eigenvalue weighted by Gasteiger charge is -2.43. The molecular formula is C35H37FN6O5. The topological polar surface area (TPSA) is 144 Å². The van der Waals surface area contributed by atoms with E-state index in [0.29, 0.717) is 38.2 Å². The highest BCUT2D eigenvalue weighted by Crippen LogP contribution is 2.36. The Kier molecular flexibility index (Phi) is 9.04. The van der Waals surface area contributed by atoms with Gasteiger partial charge in [0.15, 0.2) is 5.69 Å². The van der Waals surface area contributed by atoms with E-state index in [1.165, 1.54) is 35.2 Å². The number of nitrogens with two attached hydrogens (primary N) is 1. The Labute approximate surface area is 271 Å². The van der Waals surface area contributed by atoms with Gasteiger partial charge in [-0.05, 0) is 68.1 Å². The number of anilines is 1. The van der Waals surface area contributed by atoms with E-state index in [-0.39, 0.29) is 60.4 Å². The second-order valence-electron chi connectivity index (χ2n) is 12.4. The first-order valence-electron chi connectivity index (χ1n) is 15.7. The summed E-state index contributed by atoms with van der Waals surface area (Å²) in [5.74, 6) is -0.861. The first-order valence-corrected chi connectivity index (χ1v) is 15.7. The van der Waals surface area contributed by atoms with Crippen molar-refractivity contribution >= 4 is 17.5 Å². The van der Waals surface area contributed by atoms with E-state index in [1.54, 1.807) is 23.2 Å². The first kappa shape index (κ1) is 31.9. The first-order chi connectivity index (χ1) is 22.6. The lowest BCUT2D eigenvalue weighted by molar-refractivity contribution is -0.142. The molecule has 47 heavy (non-hydrogen) atoms. The van der Waals surface area contributed by atoms with Gasteiger partial charge >= 0.3 is 0 Å². The number of benzene rings is 2. The van der Waals surface area contributed by atoms with Crippen LogP contribution in [0.5, 0.6) is 11.6 Å². The van der Waals surface area contributed by atoms with Gasteiger partial charge in [-0.1, -0.05) is 30.3 Å². The molecule has 0 bridgehead atoms. The molecule has 3 N–H and O–H groups in total. The number of halogens is 1. The zero-order valence-electron chi connectivity index (χ0n) is 26.1. The molecule has 2 aliphatic rings. The highest BCUT2D eigenvalue weighted by Gasteiger charge is 2.41. The van der Waals surface area contributed by atoms with Gasteiger partial charge < -0.3 is 25.4 Å². The molecule has 11 nitrogen and oxygen atoms in total. The van der Waals surface area contributed by atoms with E-state index in [4.69, 9.17) is 10.5 Å². The van der Waals surface area contributed by atoms with Crippen LogP contribution >= 0.6 is 0 Å². The molecule has 2 amide bonds. The standard InChI is InChI=1S/C35H37FN6O5/c1-23-19-25(11-15-38-23)32(43)41-16-12-28(29(20-41)24-5-3-2-4-6-24)33(44)40-17-13-35(46,14-18-40)21-42-22-39-31(30(37)34(42)45)47-27-9-7-26(36)8-10-27/h2-11,15,19,22,28-29,46H,12-14,16-18,20-21,37H2,1H3/t28-,29+/m1/s1. The van der Waals surface area contributed by atoms with Crippen molar-refractivity contribution in [3.63, 3.8) is 0 Å². The Hall–Kier alpha value is -5.10. The van der Waals surface area contributed by atoms with Crippen molar-refractivity contribution in [2.45, 2.75) is 44.2 Å². The molecule has 2 saturated heterocycles. The summed E-state index contributed by atoms with van der Waals surface area (Å²) in [5, 5.41) is 11.5. The van der Waals surface area contributed by atoms with Crippen molar-refractivity contribution in [2.24, 2.45) is 5.92 Å². The van der Waals surface area contributed by atoms with Crippen molar-refractivity contribution in [3.8, 4) is 11.6 Å². The minimum Gasteiger partial charge on any atom is -0.437 e. The van der Waals surface area contributed by atoms with Gasteiger partial charge in [-0.2, -0.15) is 0 Å². The van der Waals surface area contributed by atoms with Gasteiger partial charge in [0.2, 0.25) is 11.8 Å². The lowest BCUT2D eigenvalue weighted by atomic mass is 9.79. The molecule has 0 unspecified atom stereocenters. The minimum atomic E-state index is -1.26. The molecule has 2 aliphatic heterocycles. The number of carbonyl (C=O) groups is 2. The summed E-state index contributed by atoms with van der Waals surface area (Å²) >= 11 is 0. The van der Waals surface area contributed by atoms with Gasteiger partial charge in [0.05, 0.1) is 12.1 Å². The van der Waals surface area contributed by atoms with E-state index < -0.39 is 17.0 Å². The SMILES string of the molecule is Cc1cc(C(=O)N2CC[C@@H](C(=O)N3CCC(O)(Cn4cnc(Oc5ccc(F)cc5)c(N)c4=O)CC3)[C@H](c3ccccc3)C2)ccn1. The van der Waals surface area contributed by atoms with Crippen LogP contribution in [0.25, 0.3) is 0 Å². The smallest absolute Gasteiger partial charge is 0.280 e. The monoisotopic (exact) mass is 640 g/mol. The maximum absolute atomic E-state index is 14.0. The second kappa shape index (κ2) is 13.3. The third kappa shape index (κ3) is 7.02. The summed E-state index contributed by atoms with van der Waals surface area (Å²) in [4.78, 5) is 52.4. The van der Waals surface area contributed by atoms with Crippen LogP contribution < -0.4 is 16.0 Å². The van der Waals surface area contributed by atoms with Crippen LogP contribution in [0.15, 0.2) is 84.0 Å². The molecule has 0 spiro atoms. The molecule has 6 rings (SSSR count). The van der Waals surface area contributed by atoms with Crippen molar-refractivity contribution in [2.75, 3.05) is 31.9 Å². The maximum atomic E-state index is 14.0. The number of hydrogen-bond donors (Lipinski definition) is 2. The van der Waals surface area contributed by atoms with E-state index in [9.17, 15) is 23.9 Å². The van der Waals surface area contributed by atoms with Crippen LogP contribution in [-0.4, -0.2) is 73.0 Å². The highest BCUT2D eigenvalue weighted by atomic mass is 19.1. The summed E-state index contributed by atoms with van der Waals surface area (Å²) in [6.07, 6.45) is 3.93. The summed E-state index contributed by atoms with van der Waals surface area (Å²) < 4.78 is 20.0. The quantitative estimate of drug-likeness (QED) is 0.311. The van der Waals surface area contributed by atoms with Crippen molar-refractivity contribution < 1.29 is 23.8 Å². The number of nitrogen functional groups attached to an aromatic ring is 1. The van der Waals surface area contributed by atoms with Crippen LogP contribution in [0.1, 0.15) is 46.8 Å². The number of hydrogen-bond acceptors (Lipinski definition) is 8. The minimum absolute atomic E-state index is 0.00173. The number of pyridine rings is 1. The van der Waals surface area contributed by atoms with Crippen molar-refractivity contribution in [1.82, 2.24) is 24.3 Å². The third-order valence-corrected chi connectivity index (χ3v) is 9.12. The number of aliphatic hydroxyl groups is 1. The van der Waals surface area contributed by atoms with Crippen LogP contribution in [0, 0.1) is 18.7 Å². The fraction of sp³-hybridized carbons (Fsp3) is 0.343. The Morgan fingerprint density at radius 2 is 1.74 bits per heavy atom. The molecule has 2 fully saturated rings. The lowest BCUT2D eigenvalue weighted by Crippen LogP contribution is -2.53. The maximum Gasteiger partial charge on any atom is 0.280 e. The van der Waals surface area contributed by atoms with Gasteiger partial charge in [0.25, 0.3) is 11.5 Å². The zero-order chi connectivity index (χ0) is 33.1. The molecule has 0 saturated carbocycles. The summed E-state index contributed by atoms with van der Waals surface area (Å²) in [6.45, 7) is 3.29. The molecule has 0 radical (unpaired) electrons. The molecule has 2 atom stereocenters. The van der Waals surface area contributed by atoms with Crippen molar-refractivity contribution in [1.29, 1.82) is 0 Å². The number of aromatic nitrogens is 3. The predicted molar refractivity (Wildman–Crippen MR) is 172 cm³/mol. The Bertz CT molecular complexity index is 1810. The summed E-state index contributed by atoms with van der Waals surface area (Å²) in [5.41, 5.74) is 6.31. The fourth-order valence-electron chi connectivity index (χ4n) is 6.48. The van der Waals surface area contributed by atoms with Gasteiger partial charge in [-0.15, -0.1) is 0 Å². The number of nitrogens with zero attached hydrogens (tertiary/aromatic N) is 5. The highest BCUT2D eigenvalue weighted by molar-refractivity contribution is 5.94. The van der Waals surface area contributed by atoms with Crippen LogP contribution in [0.4, 0.5) is 10.1 Å². The largest absolute Gasteiger partial charge is 0.437 e. The van der Waals surface area contributed by atoms with Gasteiger partial charge in [-0.3, -0.25) is 23.9 Å². The Morgan fingerprint density at radius 3 is 2.45 bits per heavy atom. The number of rotatable bonds is 7. The predicted octanol–water partition coefficient (Wildman–Crippen LogP) is 3.76.